The quantitative estimate of drug-likeness (QED) is 0.853. The molecule has 0 saturated heterocycles. The van der Waals surface area contributed by atoms with Gasteiger partial charge in [0.05, 0.1) is 23.9 Å². The molecule has 2 aliphatic rings. The zero-order valence-electron chi connectivity index (χ0n) is 16.4. The number of aliphatic imine (C=N–C) groups is 1. The van der Waals surface area contributed by atoms with Crippen LogP contribution in [0.25, 0.3) is 17.1 Å². The fourth-order valence-electron chi connectivity index (χ4n) is 4.12. The maximum atomic E-state index is 14.7. The van der Waals surface area contributed by atoms with Crippen molar-refractivity contribution in [3.05, 3.63) is 41.6 Å². The number of halogens is 1. The van der Waals surface area contributed by atoms with Gasteiger partial charge in [0.1, 0.15) is 12.1 Å². The van der Waals surface area contributed by atoms with E-state index in [1.54, 1.807) is 13.2 Å². The summed E-state index contributed by atoms with van der Waals surface area (Å²) >= 11 is 0. The number of aromatic amines is 1. The highest BCUT2D eigenvalue weighted by Crippen LogP contribution is 2.30. The number of H-pyrrole nitrogens is 1. The summed E-state index contributed by atoms with van der Waals surface area (Å²) in [5, 5.41) is 6.61. The van der Waals surface area contributed by atoms with E-state index in [1.165, 1.54) is 25.2 Å². The SMILES string of the molecule is CO[C@H]1CC[C@@H](CN2C=C(c3cc(F)c(-c4nc[nH]n4)cc3C)N=CC2)CC1. The van der Waals surface area contributed by atoms with Crippen LogP contribution in [0.5, 0.6) is 0 Å². The smallest absolute Gasteiger partial charge is 0.183 e. The van der Waals surface area contributed by atoms with Gasteiger partial charge in [-0.15, -0.1) is 0 Å². The topological polar surface area (TPSA) is 66.4 Å². The highest BCUT2D eigenvalue weighted by Gasteiger charge is 2.23. The highest BCUT2D eigenvalue weighted by molar-refractivity contribution is 5.79. The van der Waals surface area contributed by atoms with Gasteiger partial charge in [-0.25, -0.2) is 9.37 Å². The average Bonchev–Trinajstić information content (AvgIpc) is 3.25. The summed E-state index contributed by atoms with van der Waals surface area (Å²) in [4.78, 5) is 10.9. The number of ether oxygens (including phenoxy) is 1. The lowest BCUT2D eigenvalue weighted by Gasteiger charge is -2.32. The first-order valence-electron chi connectivity index (χ1n) is 9.82. The lowest BCUT2D eigenvalue weighted by molar-refractivity contribution is 0.0531. The van der Waals surface area contributed by atoms with Gasteiger partial charge in [-0.05, 0) is 56.2 Å². The Balaban J connectivity index is 1.50. The summed E-state index contributed by atoms with van der Waals surface area (Å²) in [6.45, 7) is 3.76. The van der Waals surface area contributed by atoms with Crippen LogP contribution in [0, 0.1) is 18.7 Å². The Morgan fingerprint density at radius 3 is 2.75 bits per heavy atom. The van der Waals surface area contributed by atoms with Gasteiger partial charge in [-0.2, -0.15) is 5.10 Å². The monoisotopic (exact) mass is 383 g/mol. The van der Waals surface area contributed by atoms with E-state index in [0.717, 1.165) is 42.8 Å². The first kappa shape index (κ1) is 18.8. The third-order valence-corrected chi connectivity index (χ3v) is 5.72. The van der Waals surface area contributed by atoms with E-state index >= 15 is 0 Å². The predicted molar refractivity (Wildman–Crippen MR) is 107 cm³/mol. The minimum Gasteiger partial charge on any atom is -0.381 e. The summed E-state index contributed by atoms with van der Waals surface area (Å²) in [5.74, 6) is 0.689. The third kappa shape index (κ3) is 3.99. The molecule has 1 saturated carbocycles. The molecule has 28 heavy (non-hydrogen) atoms. The van der Waals surface area contributed by atoms with Crippen molar-refractivity contribution in [2.24, 2.45) is 10.9 Å². The van der Waals surface area contributed by atoms with Crippen LogP contribution in [0.3, 0.4) is 0 Å². The highest BCUT2D eigenvalue weighted by atomic mass is 19.1. The molecule has 2 heterocycles. The molecule has 148 valence electrons. The van der Waals surface area contributed by atoms with Crippen LogP contribution < -0.4 is 0 Å². The van der Waals surface area contributed by atoms with Crippen molar-refractivity contribution in [2.45, 2.75) is 38.7 Å². The fraction of sp³-hybridized carbons (Fsp3) is 0.476. The van der Waals surface area contributed by atoms with Gasteiger partial charge < -0.3 is 9.64 Å². The molecular formula is C21H26FN5O. The van der Waals surface area contributed by atoms with Gasteiger partial charge in [0, 0.05) is 31.6 Å². The fourth-order valence-corrected chi connectivity index (χ4v) is 4.12. The number of aromatic nitrogens is 3. The standard InChI is InChI=1S/C21H26FN5O/c1-14-9-18(21-24-13-25-26-21)19(22)10-17(14)20-12-27(8-7-23-20)11-15-3-5-16(28-2)6-4-15/h7,9-10,12-13,15-16H,3-6,8,11H2,1-2H3,(H,24,25,26)/t15-,16+. The van der Waals surface area contributed by atoms with Crippen LogP contribution in [-0.4, -0.2) is 52.6 Å². The molecule has 1 aromatic carbocycles. The molecule has 0 atom stereocenters. The van der Waals surface area contributed by atoms with Crippen LogP contribution in [0.1, 0.15) is 36.8 Å². The molecule has 1 aromatic heterocycles. The number of methoxy groups -OCH3 is 1. The molecule has 1 aliphatic heterocycles. The van der Waals surface area contributed by atoms with Gasteiger partial charge in [0.25, 0.3) is 0 Å². The van der Waals surface area contributed by atoms with Crippen molar-refractivity contribution in [3.8, 4) is 11.4 Å². The minimum absolute atomic E-state index is 0.341. The van der Waals surface area contributed by atoms with Crippen molar-refractivity contribution in [1.82, 2.24) is 20.1 Å². The van der Waals surface area contributed by atoms with Crippen LogP contribution in [0.2, 0.25) is 0 Å². The van der Waals surface area contributed by atoms with Gasteiger partial charge in [-0.1, -0.05) is 0 Å². The van der Waals surface area contributed by atoms with Crippen molar-refractivity contribution in [3.63, 3.8) is 0 Å². The second-order valence-corrected chi connectivity index (χ2v) is 7.63. The lowest BCUT2D eigenvalue weighted by atomic mass is 9.87. The predicted octanol–water partition coefficient (Wildman–Crippen LogP) is 3.81. The second-order valence-electron chi connectivity index (χ2n) is 7.63. The molecule has 1 fully saturated rings. The Bertz CT molecular complexity index is 869. The second kappa shape index (κ2) is 8.22. The van der Waals surface area contributed by atoms with E-state index in [2.05, 4.69) is 31.3 Å². The lowest BCUT2D eigenvalue weighted by Crippen LogP contribution is -2.32. The van der Waals surface area contributed by atoms with Crippen LogP contribution in [0.15, 0.2) is 29.7 Å². The molecule has 1 aliphatic carbocycles. The number of nitrogens with zero attached hydrogens (tertiary/aromatic N) is 4. The van der Waals surface area contributed by atoms with Crippen molar-refractivity contribution in [1.29, 1.82) is 0 Å². The molecule has 0 radical (unpaired) electrons. The number of rotatable bonds is 5. The summed E-state index contributed by atoms with van der Waals surface area (Å²) in [5.41, 5.74) is 2.96. The van der Waals surface area contributed by atoms with Crippen molar-refractivity contribution >= 4 is 11.9 Å². The molecule has 1 N–H and O–H groups in total. The van der Waals surface area contributed by atoms with E-state index < -0.39 is 0 Å². The summed E-state index contributed by atoms with van der Waals surface area (Å²) in [6.07, 6.45) is 10.5. The molecule has 4 rings (SSSR count). The Kier molecular flexibility index (Phi) is 5.52. The molecule has 7 heteroatoms. The molecule has 0 amide bonds. The number of hydrogen-bond acceptors (Lipinski definition) is 5. The molecule has 0 bridgehead atoms. The maximum absolute atomic E-state index is 14.7. The van der Waals surface area contributed by atoms with Crippen LogP contribution >= 0.6 is 0 Å². The minimum atomic E-state index is -0.341. The van der Waals surface area contributed by atoms with Gasteiger partial charge in [0.2, 0.25) is 0 Å². The Morgan fingerprint density at radius 2 is 2.04 bits per heavy atom. The van der Waals surface area contributed by atoms with E-state index in [9.17, 15) is 4.39 Å². The molecule has 0 unspecified atom stereocenters. The maximum Gasteiger partial charge on any atom is 0.183 e. The van der Waals surface area contributed by atoms with E-state index in [4.69, 9.17) is 4.74 Å². The van der Waals surface area contributed by atoms with Crippen molar-refractivity contribution in [2.75, 3.05) is 20.2 Å². The van der Waals surface area contributed by atoms with E-state index in [0.29, 0.717) is 23.4 Å². The summed E-state index contributed by atoms with van der Waals surface area (Å²) in [6, 6.07) is 3.33. The average molecular weight is 383 g/mol. The largest absolute Gasteiger partial charge is 0.381 e. The van der Waals surface area contributed by atoms with Crippen LogP contribution in [0.4, 0.5) is 4.39 Å². The van der Waals surface area contributed by atoms with Crippen LogP contribution in [-0.2, 0) is 4.74 Å². The van der Waals surface area contributed by atoms with Gasteiger partial charge >= 0.3 is 0 Å². The number of benzene rings is 1. The Labute approximate surface area is 164 Å². The zero-order valence-corrected chi connectivity index (χ0v) is 16.4. The first-order chi connectivity index (χ1) is 13.6. The van der Waals surface area contributed by atoms with E-state index in [1.807, 2.05) is 13.1 Å². The summed E-state index contributed by atoms with van der Waals surface area (Å²) < 4.78 is 20.2. The number of nitrogens with one attached hydrogen (secondary N) is 1. The zero-order chi connectivity index (χ0) is 19.5. The molecule has 0 spiro atoms. The molecular weight excluding hydrogens is 357 g/mol. The number of hydrogen-bond donors (Lipinski definition) is 1. The summed E-state index contributed by atoms with van der Waals surface area (Å²) in [7, 11) is 1.80. The number of aryl methyl sites for hydroxylation is 1. The Morgan fingerprint density at radius 1 is 1.21 bits per heavy atom. The molecule has 2 aromatic rings. The first-order valence-corrected chi connectivity index (χ1v) is 9.82. The van der Waals surface area contributed by atoms with Crippen molar-refractivity contribution < 1.29 is 9.13 Å². The van der Waals surface area contributed by atoms with Gasteiger partial charge in [-0.3, -0.25) is 10.1 Å². The third-order valence-electron chi connectivity index (χ3n) is 5.72. The van der Waals surface area contributed by atoms with Gasteiger partial charge in [0.15, 0.2) is 5.82 Å². The Hall–Kier alpha value is -2.54. The molecule has 6 nitrogen and oxygen atoms in total. The normalized spacial score (nSPS) is 22.4. The van der Waals surface area contributed by atoms with E-state index in [-0.39, 0.29) is 5.82 Å².